The summed E-state index contributed by atoms with van der Waals surface area (Å²) in [6.07, 6.45) is -0.129. The smallest absolute Gasteiger partial charge is 0.456 e. The highest BCUT2D eigenvalue weighted by atomic mass is 31.2. The van der Waals surface area contributed by atoms with Gasteiger partial charge in [0.05, 0.1) is 6.61 Å². The summed E-state index contributed by atoms with van der Waals surface area (Å²) in [4.78, 5) is 91.9. The fourth-order valence-electron chi connectivity index (χ4n) is 5.73. The molecule has 0 heterocycles. The van der Waals surface area contributed by atoms with Crippen LogP contribution in [0.3, 0.4) is 0 Å². The number of hydrogen-bond donors (Lipinski definition) is 9. The number of carbonyl (C=O) groups is 2. The summed E-state index contributed by atoms with van der Waals surface area (Å²) < 4.78 is 81.1. The lowest BCUT2D eigenvalue weighted by Crippen LogP contribution is -2.65. The summed E-state index contributed by atoms with van der Waals surface area (Å²) in [5.41, 5.74) is 0. The van der Waals surface area contributed by atoms with Gasteiger partial charge in [-0.05, 0) is 77.5 Å². The minimum absolute atomic E-state index is 0.136. The molecule has 0 spiro atoms. The van der Waals surface area contributed by atoms with Gasteiger partial charge in [-0.3, -0.25) is 27.4 Å². The number of phosphoric ester groups is 4. The summed E-state index contributed by atoms with van der Waals surface area (Å²) in [7, 11) is -23.2. The van der Waals surface area contributed by atoms with Gasteiger partial charge in [0.2, 0.25) is 0 Å². The Morgan fingerprint density at radius 1 is 0.530 bits per heavy atom. The average molecular weight is 1010 g/mol. The molecule has 0 amide bonds. The van der Waals surface area contributed by atoms with Crippen molar-refractivity contribution in [2.45, 2.75) is 140 Å². The fourth-order valence-corrected chi connectivity index (χ4v) is 8.38. The highest BCUT2D eigenvalue weighted by Gasteiger charge is 2.59. The lowest BCUT2D eigenvalue weighted by Gasteiger charge is -2.45. The highest BCUT2D eigenvalue weighted by Crippen LogP contribution is 2.53. The van der Waals surface area contributed by atoms with Crippen molar-refractivity contribution in [3.63, 3.8) is 0 Å². The molecule has 22 nitrogen and oxygen atoms in total. The molecule has 66 heavy (non-hydrogen) atoms. The number of phosphoric acid groups is 4. The number of unbranched alkanes of at least 4 members (excludes halogenated alkanes) is 12. The van der Waals surface area contributed by atoms with E-state index < -0.39 is 99.2 Å². The molecule has 0 radical (unpaired) electrons. The van der Waals surface area contributed by atoms with E-state index in [9.17, 15) is 72.3 Å². The molecule has 26 heteroatoms. The minimum Gasteiger partial charge on any atom is -0.456 e. The van der Waals surface area contributed by atoms with E-state index >= 15 is 0 Å². The molecule has 1 rings (SSSR count). The van der Waals surface area contributed by atoms with E-state index in [1.807, 2.05) is 5.92 Å². The third-order valence-corrected chi connectivity index (χ3v) is 11.0. The van der Waals surface area contributed by atoms with Crippen LogP contribution in [0.25, 0.3) is 0 Å². The van der Waals surface area contributed by atoms with Crippen molar-refractivity contribution in [1.82, 2.24) is 0 Å². The van der Waals surface area contributed by atoms with Crippen LogP contribution < -0.4 is 0 Å². The average Bonchev–Trinajstić information content (AvgIpc) is 3.21. The van der Waals surface area contributed by atoms with E-state index in [0.29, 0.717) is 12.8 Å². The van der Waals surface area contributed by atoms with Gasteiger partial charge >= 0.3 is 43.2 Å². The molecule has 0 aromatic heterocycles. The molecule has 1 aliphatic carbocycles. The minimum atomic E-state index is -5.82. The molecule has 0 saturated heterocycles. The summed E-state index contributed by atoms with van der Waals surface area (Å²) in [5.74, 6) is 27.3. The Morgan fingerprint density at radius 3 is 1.35 bits per heavy atom. The van der Waals surface area contributed by atoms with Crippen molar-refractivity contribution >= 4 is 43.2 Å². The van der Waals surface area contributed by atoms with Gasteiger partial charge in [-0.1, -0.05) is 84.0 Å². The van der Waals surface area contributed by atoms with E-state index in [1.165, 1.54) is 38.5 Å². The van der Waals surface area contributed by atoms with Crippen LogP contribution >= 0.6 is 31.3 Å². The maximum atomic E-state index is 13.2. The molecule has 1 fully saturated rings. The van der Waals surface area contributed by atoms with E-state index in [1.54, 1.807) is 0 Å². The standard InChI is InChI=1S/C40H52O22P4/c1-3-5-7-9-11-13-15-17-19-21-23-25-27-29-34(42)58-32(30-56-33(41)28-26-24-22-20-18-16-14-12-10-8-6-4-2)31-57-66(54,55)62-37-35(43)38(59-63(45,46)47)40(61-65(51,52)53)39(36(37)44)60-64(48,49)50/h2,32,35-40,43-44H,3,5,7,9,11,13,15,17,19,21,23,25,27,29-31H2,1H3,(H,54,55)(H2,45,46,47)(H2,48,49,50)(H2,51,52,53)/t32-,35+,36?,37?,38+,39-,40?/m1/s1. The maximum absolute atomic E-state index is 13.2. The van der Waals surface area contributed by atoms with E-state index in [-0.39, 0.29) is 6.42 Å². The molecule has 4 unspecified atom stereocenters. The Morgan fingerprint density at radius 2 is 0.924 bits per heavy atom. The largest absolute Gasteiger partial charge is 0.472 e. The fraction of sp³-hybridized carbons (Fsp3) is 0.600. The number of aliphatic hydroxyl groups excluding tert-OH is 2. The third-order valence-electron chi connectivity index (χ3n) is 8.49. The number of carbonyl (C=O) groups excluding carboxylic acids is 2. The summed E-state index contributed by atoms with van der Waals surface area (Å²) in [6, 6.07) is 0. The molecule has 0 aliphatic heterocycles. The number of hydrogen-bond acceptors (Lipinski definition) is 15. The molecule has 8 atom stereocenters. The second kappa shape index (κ2) is 32.1. The first-order valence-electron chi connectivity index (χ1n) is 20.0. The van der Waals surface area contributed by atoms with Gasteiger partial charge < -0.3 is 53.9 Å². The SMILES string of the molecule is C#CC#CC#CC#CC#CC#CC#CC(=O)OC[C@H](COP(=O)(O)OC1C(O)[C@@H](OP(=O)(O)O)C(OP(=O)(O)O)[C@@H](OP(=O)(O)O)[C@H]1O)OC(=O)CCCCCCCCCCCCCCC. The second-order valence-corrected chi connectivity index (χ2v) is 18.8. The van der Waals surface area contributed by atoms with Crippen LogP contribution in [0.5, 0.6) is 0 Å². The van der Waals surface area contributed by atoms with Crippen LogP contribution in [0.1, 0.15) is 96.8 Å². The van der Waals surface area contributed by atoms with Crippen LogP contribution in [0.2, 0.25) is 0 Å². The van der Waals surface area contributed by atoms with Crippen molar-refractivity contribution in [1.29, 1.82) is 0 Å². The first-order valence-corrected chi connectivity index (χ1v) is 26.1. The monoisotopic (exact) mass is 1010 g/mol. The van der Waals surface area contributed by atoms with Crippen LogP contribution in [-0.4, -0.2) is 112 Å². The maximum Gasteiger partial charge on any atom is 0.472 e. The Kier molecular flexibility index (Phi) is 29.3. The molecule has 0 aromatic rings. The summed E-state index contributed by atoms with van der Waals surface area (Å²) in [5, 5.41) is 21.7. The number of aliphatic hydroxyl groups is 2. The van der Waals surface area contributed by atoms with Crippen molar-refractivity contribution in [3.05, 3.63) is 0 Å². The Hall–Kier alpha value is -3.78. The van der Waals surface area contributed by atoms with Gasteiger partial charge in [-0.25, -0.2) is 23.1 Å². The van der Waals surface area contributed by atoms with Gasteiger partial charge in [-0.15, -0.1) is 6.42 Å². The molecule has 1 saturated carbocycles. The van der Waals surface area contributed by atoms with E-state index in [2.05, 4.69) is 91.5 Å². The lowest BCUT2D eigenvalue weighted by molar-refractivity contribution is -0.209. The van der Waals surface area contributed by atoms with Crippen molar-refractivity contribution in [2.24, 2.45) is 0 Å². The molecule has 9 N–H and O–H groups in total. The molecule has 0 aromatic carbocycles. The van der Waals surface area contributed by atoms with E-state index in [0.717, 1.165) is 32.1 Å². The van der Waals surface area contributed by atoms with Gasteiger partial charge in [0.1, 0.15) is 43.2 Å². The first kappa shape index (κ1) is 60.2. The van der Waals surface area contributed by atoms with Crippen LogP contribution in [-0.2, 0) is 59.9 Å². The molecule has 0 bridgehead atoms. The second-order valence-electron chi connectivity index (χ2n) is 13.8. The number of terminal acetylenes is 1. The zero-order valence-corrected chi connectivity index (χ0v) is 39.1. The van der Waals surface area contributed by atoms with Crippen molar-refractivity contribution < 1.29 is 104 Å². The van der Waals surface area contributed by atoms with Gasteiger partial charge in [0, 0.05) is 12.3 Å². The summed E-state index contributed by atoms with van der Waals surface area (Å²) in [6.45, 7) is 0.175. The van der Waals surface area contributed by atoms with Crippen molar-refractivity contribution in [3.8, 4) is 83.4 Å². The normalized spacial score (nSPS) is 20.3. The Bertz CT molecular complexity index is 2170. The predicted octanol–water partition coefficient (Wildman–Crippen LogP) is 2.25. The van der Waals surface area contributed by atoms with Gasteiger partial charge in [-0.2, -0.15) is 0 Å². The highest BCUT2D eigenvalue weighted by molar-refractivity contribution is 7.47. The van der Waals surface area contributed by atoms with Crippen molar-refractivity contribution in [2.75, 3.05) is 13.2 Å². The number of ether oxygens (including phenoxy) is 2. The zero-order valence-electron chi connectivity index (χ0n) is 35.6. The van der Waals surface area contributed by atoms with Crippen LogP contribution in [0, 0.1) is 83.4 Å². The molecular weight excluding hydrogens is 956 g/mol. The number of esters is 2. The predicted molar refractivity (Wildman–Crippen MR) is 230 cm³/mol. The van der Waals surface area contributed by atoms with Crippen LogP contribution in [0.15, 0.2) is 0 Å². The first-order chi connectivity index (χ1) is 31.0. The van der Waals surface area contributed by atoms with Gasteiger partial charge in [0.25, 0.3) is 0 Å². The topological polar surface area (TPSA) is 349 Å². The summed E-state index contributed by atoms with van der Waals surface area (Å²) >= 11 is 0. The quantitative estimate of drug-likeness (QED) is 0.0178. The Balaban J connectivity index is 3.12. The van der Waals surface area contributed by atoms with E-state index in [4.69, 9.17) is 24.9 Å². The molecule has 364 valence electrons. The molecule has 1 aliphatic rings. The molecular formula is C40H52O22P4. The third kappa shape index (κ3) is 29.8. The zero-order chi connectivity index (χ0) is 49.7. The number of rotatable bonds is 28. The lowest BCUT2D eigenvalue weighted by atomic mass is 9.85. The van der Waals surface area contributed by atoms with Gasteiger partial charge in [0.15, 0.2) is 6.10 Å². The van der Waals surface area contributed by atoms with Crippen LogP contribution in [0.4, 0.5) is 0 Å². The Labute approximate surface area is 382 Å².